The van der Waals surface area contributed by atoms with Gasteiger partial charge in [-0.2, -0.15) is 5.10 Å². The molecule has 2 N–H and O–H groups in total. The second-order valence-corrected chi connectivity index (χ2v) is 6.30. The number of aliphatic hydroxyl groups is 1. The van der Waals surface area contributed by atoms with Crippen LogP contribution in [-0.2, 0) is 6.54 Å². The second-order valence-electron chi connectivity index (χ2n) is 6.30. The normalized spacial score (nSPS) is 12.2. The minimum atomic E-state index is 0.243. The van der Waals surface area contributed by atoms with Crippen molar-refractivity contribution in [2.75, 3.05) is 6.61 Å². The molecule has 0 aliphatic rings. The molecule has 0 fully saturated rings. The van der Waals surface area contributed by atoms with Crippen molar-refractivity contribution in [3.8, 4) is 16.9 Å². The molecule has 130 valence electrons. The predicted octanol–water partition coefficient (Wildman–Crippen LogP) is 3.79. The fourth-order valence-corrected chi connectivity index (χ4v) is 2.87. The number of nitrogens with one attached hydrogen (secondary N) is 1. The van der Waals surface area contributed by atoms with Crippen LogP contribution in [0.3, 0.4) is 0 Å². The highest BCUT2D eigenvalue weighted by Gasteiger charge is 2.13. The molecule has 0 saturated heterocycles. The van der Waals surface area contributed by atoms with Gasteiger partial charge < -0.3 is 10.4 Å². The largest absolute Gasteiger partial charge is 0.396 e. The van der Waals surface area contributed by atoms with E-state index in [0.29, 0.717) is 6.04 Å². The van der Waals surface area contributed by atoms with E-state index in [1.165, 1.54) is 5.56 Å². The molecule has 0 bridgehead atoms. The fraction of sp³-hybridized carbons (Fsp3) is 0.286. The molecule has 0 amide bonds. The highest BCUT2D eigenvalue weighted by molar-refractivity contribution is 5.63. The summed E-state index contributed by atoms with van der Waals surface area (Å²) in [6, 6.07) is 20.8. The van der Waals surface area contributed by atoms with E-state index >= 15 is 0 Å². The summed E-state index contributed by atoms with van der Waals surface area (Å²) in [5.74, 6) is 0. The zero-order valence-electron chi connectivity index (χ0n) is 14.6. The number of aromatic nitrogens is 2. The maximum absolute atomic E-state index is 8.98. The van der Waals surface area contributed by atoms with Crippen molar-refractivity contribution in [3.05, 3.63) is 72.4 Å². The summed E-state index contributed by atoms with van der Waals surface area (Å²) in [5.41, 5.74) is 4.36. The summed E-state index contributed by atoms with van der Waals surface area (Å²) in [6.07, 6.45) is 3.89. The summed E-state index contributed by atoms with van der Waals surface area (Å²) >= 11 is 0. The van der Waals surface area contributed by atoms with E-state index in [0.717, 1.165) is 36.3 Å². The fourth-order valence-electron chi connectivity index (χ4n) is 2.87. The number of hydrogen-bond donors (Lipinski definition) is 2. The third-order valence-corrected chi connectivity index (χ3v) is 4.29. The van der Waals surface area contributed by atoms with Crippen LogP contribution in [0.2, 0.25) is 0 Å². The van der Waals surface area contributed by atoms with Gasteiger partial charge in [0.2, 0.25) is 0 Å². The molecule has 1 heterocycles. The van der Waals surface area contributed by atoms with Crippen molar-refractivity contribution in [2.24, 2.45) is 0 Å². The highest BCUT2D eigenvalue weighted by Crippen LogP contribution is 2.23. The van der Waals surface area contributed by atoms with Crippen molar-refractivity contribution in [3.63, 3.8) is 0 Å². The Balaban J connectivity index is 1.86. The third kappa shape index (κ3) is 4.56. The molecule has 2 aromatic carbocycles. The van der Waals surface area contributed by atoms with Gasteiger partial charge in [0.05, 0.1) is 11.4 Å². The van der Waals surface area contributed by atoms with Gasteiger partial charge in [0.15, 0.2) is 0 Å². The number of aliphatic hydroxyl groups excluding tert-OH is 1. The average Bonchev–Trinajstić information content (AvgIpc) is 3.10. The molecule has 0 aliphatic carbocycles. The lowest BCUT2D eigenvalue weighted by Gasteiger charge is -2.12. The van der Waals surface area contributed by atoms with E-state index in [1.807, 2.05) is 41.1 Å². The molecule has 25 heavy (non-hydrogen) atoms. The number of benzene rings is 2. The number of para-hydroxylation sites is 1. The van der Waals surface area contributed by atoms with E-state index in [9.17, 15) is 0 Å². The number of rotatable bonds is 8. The highest BCUT2D eigenvalue weighted by atomic mass is 16.2. The Bertz CT molecular complexity index is 768. The molecule has 0 spiro atoms. The minimum absolute atomic E-state index is 0.243. The molecule has 3 aromatic rings. The quantitative estimate of drug-likeness (QED) is 0.658. The van der Waals surface area contributed by atoms with Crippen molar-refractivity contribution < 1.29 is 5.11 Å². The number of hydrogen-bond acceptors (Lipinski definition) is 3. The Morgan fingerprint density at radius 1 is 1.04 bits per heavy atom. The van der Waals surface area contributed by atoms with Crippen LogP contribution in [0.5, 0.6) is 0 Å². The SMILES string of the molecule is CC(CCCO)NCc1cn(-c2ccccc2)nc1-c1ccccc1. The first-order valence-corrected chi connectivity index (χ1v) is 8.81. The third-order valence-electron chi connectivity index (χ3n) is 4.29. The first kappa shape index (κ1) is 17.4. The van der Waals surface area contributed by atoms with Crippen molar-refractivity contribution >= 4 is 0 Å². The lowest BCUT2D eigenvalue weighted by molar-refractivity contribution is 0.276. The average molecular weight is 335 g/mol. The van der Waals surface area contributed by atoms with Crippen LogP contribution < -0.4 is 5.32 Å². The van der Waals surface area contributed by atoms with Gasteiger partial charge in [0.1, 0.15) is 0 Å². The molecule has 1 atom stereocenters. The smallest absolute Gasteiger partial charge is 0.0972 e. The van der Waals surface area contributed by atoms with Gasteiger partial charge in [0, 0.05) is 36.5 Å². The van der Waals surface area contributed by atoms with Gasteiger partial charge in [-0.1, -0.05) is 48.5 Å². The van der Waals surface area contributed by atoms with E-state index in [1.54, 1.807) is 0 Å². The monoisotopic (exact) mass is 335 g/mol. The summed E-state index contributed by atoms with van der Waals surface area (Å²) in [7, 11) is 0. The Kier molecular flexibility index (Phi) is 5.99. The van der Waals surface area contributed by atoms with Crippen molar-refractivity contribution in [1.82, 2.24) is 15.1 Å². The molecule has 0 saturated carbocycles. The Labute approximate surface area is 149 Å². The van der Waals surface area contributed by atoms with Crippen LogP contribution in [0.4, 0.5) is 0 Å². The lowest BCUT2D eigenvalue weighted by Crippen LogP contribution is -2.25. The van der Waals surface area contributed by atoms with Gasteiger partial charge in [-0.15, -0.1) is 0 Å². The first-order valence-electron chi connectivity index (χ1n) is 8.81. The molecule has 0 radical (unpaired) electrons. The molecule has 1 aromatic heterocycles. The van der Waals surface area contributed by atoms with Gasteiger partial charge >= 0.3 is 0 Å². The van der Waals surface area contributed by atoms with Crippen LogP contribution in [0.15, 0.2) is 66.9 Å². The van der Waals surface area contributed by atoms with Crippen LogP contribution in [-0.4, -0.2) is 27.5 Å². The van der Waals surface area contributed by atoms with E-state index in [4.69, 9.17) is 10.2 Å². The van der Waals surface area contributed by atoms with Gasteiger partial charge in [-0.25, -0.2) is 4.68 Å². The standard InChI is InChI=1S/C21H25N3O/c1-17(9-8-14-25)22-15-19-16-24(20-12-6-3-7-13-20)23-21(19)18-10-4-2-5-11-18/h2-7,10-13,16-17,22,25H,8-9,14-15H2,1H3. The van der Waals surface area contributed by atoms with Crippen LogP contribution in [0.25, 0.3) is 16.9 Å². The van der Waals surface area contributed by atoms with E-state index in [-0.39, 0.29) is 6.61 Å². The summed E-state index contributed by atoms with van der Waals surface area (Å²) < 4.78 is 1.94. The molecule has 4 nitrogen and oxygen atoms in total. The second kappa shape index (κ2) is 8.60. The maximum Gasteiger partial charge on any atom is 0.0972 e. The van der Waals surface area contributed by atoms with Crippen LogP contribution in [0.1, 0.15) is 25.3 Å². The van der Waals surface area contributed by atoms with Crippen molar-refractivity contribution in [1.29, 1.82) is 0 Å². The molecule has 3 rings (SSSR count). The van der Waals surface area contributed by atoms with Gasteiger partial charge in [0.25, 0.3) is 0 Å². The topological polar surface area (TPSA) is 50.1 Å². The molecular weight excluding hydrogens is 310 g/mol. The minimum Gasteiger partial charge on any atom is -0.396 e. The zero-order chi connectivity index (χ0) is 17.5. The van der Waals surface area contributed by atoms with E-state index < -0.39 is 0 Å². The Hall–Kier alpha value is -2.43. The van der Waals surface area contributed by atoms with Gasteiger partial charge in [-0.3, -0.25) is 0 Å². The summed E-state index contributed by atoms with van der Waals surface area (Å²) in [4.78, 5) is 0. The van der Waals surface area contributed by atoms with Crippen LogP contribution >= 0.6 is 0 Å². The van der Waals surface area contributed by atoms with Crippen LogP contribution in [0, 0.1) is 0 Å². The Morgan fingerprint density at radius 2 is 1.72 bits per heavy atom. The predicted molar refractivity (Wildman–Crippen MR) is 102 cm³/mol. The van der Waals surface area contributed by atoms with Crippen molar-refractivity contribution in [2.45, 2.75) is 32.4 Å². The molecule has 0 aliphatic heterocycles. The molecule has 1 unspecified atom stereocenters. The zero-order valence-corrected chi connectivity index (χ0v) is 14.6. The van der Waals surface area contributed by atoms with Gasteiger partial charge in [-0.05, 0) is 31.9 Å². The number of nitrogens with zero attached hydrogens (tertiary/aromatic N) is 2. The Morgan fingerprint density at radius 3 is 2.40 bits per heavy atom. The summed E-state index contributed by atoms with van der Waals surface area (Å²) in [5, 5.41) is 17.4. The van der Waals surface area contributed by atoms with E-state index in [2.05, 4.69) is 42.7 Å². The first-order chi connectivity index (χ1) is 12.3. The molecular formula is C21H25N3O. The molecule has 4 heteroatoms. The summed E-state index contributed by atoms with van der Waals surface area (Å²) in [6.45, 7) is 3.15. The lowest BCUT2D eigenvalue weighted by atomic mass is 10.1. The maximum atomic E-state index is 8.98.